The standard InChI is InChI=1S/C18H24N2O4S/c1-2-3-7-15(12-19)20-18(21)17-14(10-11-24-17)13-25(22,23)16-8-5-4-6-9-16/h4-6,8-11,15H,2-3,7,12-13,19H2,1H3,(H,20,21). The Morgan fingerprint density at radius 3 is 2.60 bits per heavy atom. The molecule has 6 nitrogen and oxygen atoms in total. The average molecular weight is 364 g/mol. The second kappa shape index (κ2) is 8.82. The number of furan rings is 1. The fourth-order valence-corrected chi connectivity index (χ4v) is 3.89. The van der Waals surface area contributed by atoms with Crippen LogP contribution in [0.4, 0.5) is 0 Å². The molecule has 1 heterocycles. The number of rotatable bonds is 9. The number of hydrogen-bond donors (Lipinski definition) is 2. The van der Waals surface area contributed by atoms with Gasteiger partial charge in [0, 0.05) is 18.2 Å². The molecule has 0 fully saturated rings. The number of unbranched alkanes of at least 4 members (excludes halogenated alkanes) is 1. The highest BCUT2D eigenvalue weighted by Gasteiger charge is 2.23. The van der Waals surface area contributed by atoms with Crippen LogP contribution in [0.15, 0.2) is 52.0 Å². The van der Waals surface area contributed by atoms with E-state index in [9.17, 15) is 13.2 Å². The normalized spacial score (nSPS) is 12.7. The van der Waals surface area contributed by atoms with Crippen molar-refractivity contribution in [3.05, 3.63) is 54.0 Å². The molecular weight excluding hydrogens is 340 g/mol. The van der Waals surface area contributed by atoms with Crippen LogP contribution in [0.5, 0.6) is 0 Å². The molecule has 2 aromatic rings. The molecule has 136 valence electrons. The van der Waals surface area contributed by atoms with E-state index in [1.807, 2.05) is 0 Å². The third kappa shape index (κ3) is 5.17. The summed E-state index contributed by atoms with van der Waals surface area (Å²) < 4.78 is 30.2. The summed E-state index contributed by atoms with van der Waals surface area (Å²) in [6.45, 7) is 2.39. The van der Waals surface area contributed by atoms with Gasteiger partial charge in [-0.1, -0.05) is 38.0 Å². The molecule has 0 bridgehead atoms. The summed E-state index contributed by atoms with van der Waals surface area (Å²) in [7, 11) is -3.55. The molecule has 2 rings (SSSR count). The van der Waals surface area contributed by atoms with Crippen LogP contribution in [-0.4, -0.2) is 26.9 Å². The van der Waals surface area contributed by atoms with E-state index in [1.54, 1.807) is 18.2 Å². The second-order valence-corrected chi connectivity index (χ2v) is 7.88. The maximum atomic E-state index is 12.5. The van der Waals surface area contributed by atoms with Crippen molar-refractivity contribution in [1.82, 2.24) is 5.32 Å². The first-order chi connectivity index (χ1) is 12.0. The largest absolute Gasteiger partial charge is 0.459 e. The van der Waals surface area contributed by atoms with Gasteiger partial charge in [-0.05, 0) is 24.6 Å². The monoisotopic (exact) mass is 364 g/mol. The summed E-state index contributed by atoms with van der Waals surface area (Å²) in [5.41, 5.74) is 6.03. The molecule has 0 radical (unpaired) electrons. The third-order valence-electron chi connectivity index (χ3n) is 3.93. The van der Waals surface area contributed by atoms with Crippen molar-refractivity contribution >= 4 is 15.7 Å². The zero-order chi connectivity index (χ0) is 18.3. The lowest BCUT2D eigenvalue weighted by Gasteiger charge is -2.16. The highest BCUT2D eigenvalue weighted by molar-refractivity contribution is 7.90. The van der Waals surface area contributed by atoms with Gasteiger partial charge in [0.25, 0.3) is 5.91 Å². The molecule has 0 spiro atoms. The summed E-state index contributed by atoms with van der Waals surface area (Å²) in [5, 5.41) is 2.82. The first kappa shape index (κ1) is 19.2. The van der Waals surface area contributed by atoms with Crippen LogP contribution in [-0.2, 0) is 15.6 Å². The van der Waals surface area contributed by atoms with Crippen molar-refractivity contribution in [2.45, 2.75) is 42.9 Å². The highest BCUT2D eigenvalue weighted by Crippen LogP contribution is 2.20. The molecule has 0 saturated heterocycles. The number of nitrogens with two attached hydrogens (primary N) is 1. The van der Waals surface area contributed by atoms with E-state index in [4.69, 9.17) is 10.2 Å². The first-order valence-electron chi connectivity index (χ1n) is 8.33. The van der Waals surface area contributed by atoms with Crippen LogP contribution >= 0.6 is 0 Å². The summed E-state index contributed by atoms with van der Waals surface area (Å²) in [4.78, 5) is 12.6. The smallest absolute Gasteiger partial charge is 0.287 e. The highest BCUT2D eigenvalue weighted by atomic mass is 32.2. The molecule has 25 heavy (non-hydrogen) atoms. The van der Waals surface area contributed by atoms with Gasteiger partial charge < -0.3 is 15.5 Å². The van der Waals surface area contributed by atoms with Crippen molar-refractivity contribution in [3.8, 4) is 0 Å². The molecule has 0 aliphatic carbocycles. The minimum Gasteiger partial charge on any atom is -0.459 e. The number of amides is 1. The van der Waals surface area contributed by atoms with Crippen molar-refractivity contribution in [2.75, 3.05) is 6.54 Å². The van der Waals surface area contributed by atoms with E-state index in [1.165, 1.54) is 24.5 Å². The molecule has 0 aliphatic rings. The van der Waals surface area contributed by atoms with E-state index in [2.05, 4.69) is 12.2 Å². The van der Waals surface area contributed by atoms with Gasteiger partial charge in [0.1, 0.15) is 0 Å². The molecule has 0 aliphatic heterocycles. The van der Waals surface area contributed by atoms with Crippen LogP contribution in [0.1, 0.15) is 42.3 Å². The Morgan fingerprint density at radius 2 is 1.96 bits per heavy atom. The predicted octanol–water partition coefficient (Wildman–Crippen LogP) is 2.50. The molecule has 3 N–H and O–H groups in total. The maximum Gasteiger partial charge on any atom is 0.287 e. The maximum absolute atomic E-state index is 12.5. The lowest BCUT2D eigenvalue weighted by molar-refractivity contribution is 0.0906. The van der Waals surface area contributed by atoms with E-state index in [0.717, 1.165) is 19.3 Å². The predicted molar refractivity (Wildman–Crippen MR) is 95.9 cm³/mol. The Balaban J connectivity index is 2.13. The summed E-state index contributed by atoms with van der Waals surface area (Å²) in [6, 6.07) is 9.49. The van der Waals surface area contributed by atoms with Crippen molar-refractivity contribution in [1.29, 1.82) is 0 Å². The fourth-order valence-electron chi connectivity index (χ4n) is 2.51. The number of sulfone groups is 1. The van der Waals surface area contributed by atoms with Crippen molar-refractivity contribution in [3.63, 3.8) is 0 Å². The quantitative estimate of drug-likeness (QED) is 0.712. The number of carbonyl (C=O) groups is 1. The van der Waals surface area contributed by atoms with Crippen LogP contribution in [0.25, 0.3) is 0 Å². The molecular formula is C18H24N2O4S. The number of carbonyl (C=O) groups excluding carboxylic acids is 1. The van der Waals surface area contributed by atoms with E-state index < -0.39 is 15.7 Å². The molecule has 1 amide bonds. The van der Waals surface area contributed by atoms with Crippen molar-refractivity contribution < 1.29 is 17.6 Å². The van der Waals surface area contributed by atoms with Gasteiger partial charge in [0.05, 0.1) is 16.9 Å². The van der Waals surface area contributed by atoms with Crippen LogP contribution in [0, 0.1) is 0 Å². The first-order valence-corrected chi connectivity index (χ1v) is 9.98. The van der Waals surface area contributed by atoms with Crippen LogP contribution in [0.2, 0.25) is 0 Å². The fraction of sp³-hybridized carbons (Fsp3) is 0.389. The van der Waals surface area contributed by atoms with Gasteiger partial charge >= 0.3 is 0 Å². The lowest BCUT2D eigenvalue weighted by Crippen LogP contribution is -2.40. The Morgan fingerprint density at radius 1 is 1.24 bits per heavy atom. The summed E-state index contributed by atoms with van der Waals surface area (Å²) in [6.07, 6.45) is 4.06. The van der Waals surface area contributed by atoms with Gasteiger partial charge in [-0.2, -0.15) is 0 Å². The van der Waals surface area contributed by atoms with Gasteiger partial charge in [-0.15, -0.1) is 0 Å². The SMILES string of the molecule is CCCCC(CN)NC(=O)c1occc1CS(=O)(=O)c1ccccc1. The second-order valence-electron chi connectivity index (χ2n) is 5.90. The molecule has 1 unspecified atom stereocenters. The van der Waals surface area contributed by atoms with Gasteiger partial charge in [-0.3, -0.25) is 4.79 Å². The Bertz CT molecular complexity index is 784. The van der Waals surface area contributed by atoms with Gasteiger partial charge in [-0.25, -0.2) is 8.42 Å². The number of nitrogens with one attached hydrogen (secondary N) is 1. The van der Waals surface area contributed by atoms with E-state index in [0.29, 0.717) is 12.1 Å². The lowest BCUT2D eigenvalue weighted by atomic mass is 10.1. The van der Waals surface area contributed by atoms with Gasteiger partial charge in [0.15, 0.2) is 15.6 Å². The third-order valence-corrected chi connectivity index (χ3v) is 5.61. The van der Waals surface area contributed by atoms with Crippen LogP contribution < -0.4 is 11.1 Å². The zero-order valence-corrected chi connectivity index (χ0v) is 15.1. The Hall–Kier alpha value is -2.12. The molecule has 1 atom stereocenters. The minimum absolute atomic E-state index is 0.0226. The zero-order valence-electron chi connectivity index (χ0n) is 14.3. The Kier molecular flexibility index (Phi) is 6.78. The number of hydrogen-bond acceptors (Lipinski definition) is 5. The Labute approximate surface area is 148 Å². The summed E-state index contributed by atoms with van der Waals surface area (Å²) >= 11 is 0. The molecule has 1 aromatic heterocycles. The van der Waals surface area contributed by atoms with Crippen molar-refractivity contribution in [2.24, 2.45) is 5.73 Å². The number of benzene rings is 1. The van der Waals surface area contributed by atoms with Gasteiger partial charge in [0.2, 0.25) is 0 Å². The molecule has 0 saturated carbocycles. The van der Waals surface area contributed by atoms with E-state index in [-0.39, 0.29) is 22.5 Å². The minimum atomic E-state index is -3.55. The average Bonchev–Trinajstić information content (AvgIpc) is 3.06. The molecule has 7 heteroatoms. The summed E-state index contributed by atoms with van der Waals surface area (Å²) in [5.74, 6) is -0.706. The van der Waals surface area contributed by atoms with Crippen LogP contribution in [0.3, 0.4) is 0 Å². The van der Waals surface area contributed by atoms with E-state index >= 15 is 0 Å². The topological polar surface area (TPSA) is 102 Å². The molecule has 1 aromatic carbocycles.